The molecule has 100 valence electrons. The van der Waals surface area contributed by atoms with Gasteiger partial charge in [-0.05, 0) is 39.0 Å². The number of methoxy groups -OCH3 is 2. The third-order valence-corrected chi connectivity index (χ3v) is 2.34. The van der Waals surface area contributed by atoms with Gasteiger partial charge in [-0.2, -0.15) is 0 Å². The second-order valence-electron chi connectivity index (χ2n) is 4.89. The van der Waals surface area contributed by atoms with E-state index in [0.717, 1.165) is 0 Å². The molecule has 1 rings (SSSR count). The molecule has 0 fully saturated rings. The molecule has 0 unspecified atom stereocenters. The molecule has 0 saturated heterocycles. The van der Waals surface area contributed by atoms with Crippen LogP contribution in [0.15, 0.2) is 18.2 Å². The number of hydrogen-bond acceptors (Lipinski definition) is 4. The quantitative estimate of drug-likeness (QED) is 0.756. The van der Waals surface area contributed by atoms with Crippen LogP contribution < -0.4 is 9.47 Å². The third kappa shape index (κ3) is 4.04. The Morgan fingerprint density at radius 2 is 1.83 bits per heavy atom. The van der Waals surface area contributed by atoms with Gasteiger partial charge in [-0.15, -0.1) is 0 Å². The van der Waals surface area contributed by atoms with Crippen molar-refractivity contribution >= 4 is 5.78 Å². The van der Waals surface area contributed by atoms with Gasteiger partial charge < -0.3 is 14.2 Å². The van der Waals surface area contributed by atoms with Crippen LogP contribution in [-0.2, 0) is 4.74 Å². The van der Waals surface area contributed by atoms with E-state index < -0.39 is 0 Å². The van der Waals surface area contributed by atoms with Crippen LogP contribution in [0, 0.1) is 0 Å². The van der Waals surface area contributed by atoms with Crippen LogP contribution >= 0.6 is 0 Å². The first-order valence-electron chi connectivity index (χ1n) is 5.76. The van der Waals surface area contributed by atoms with E-state index in [1.54, 1.807) is 25.3 Å². The van der Waals surface area contributed by atoms with E-state index in [1.807, 2.05) is 20.8 Å². The molecule has 4 nitrogen and oxygen atoms in total. The molecule has 0 N–H and O–H groups in total. The molecule has 4 heteroatoms. The summed E-state index contributed by atoms with van der Waals surface area (Å²) in [5, 5.41) is 0. The zero-order valence-electron chi connectivity index (χ0n) is 11.6. The number of ketones is 1. The molecule has 0 saturated carbocycles. The average molecular weight is 252 g/mol. The number of benzene rings is 1. The van der Waals surface area contributed by atoms with Gasteiger partial charge in [-0.3, -0.25) is 4.79 Å². The van der Waals surface area contributed by atoms with E-state index in [0.29, 0.717) is 17.1 Å². The van der Waals surface area contributed by atoms with Crippen LogP contribution in [0.3, 0.4) is 0 Å². The number of rotatable bonds is 5. The lowest BCUT2D eigenvalue weighted by Gasteiger charge is -2.19. The highest BCUT2D eigenvalue weighted by molar-refractivity contribution is 6.00. The Morgan fingerprint density at radius 3 is 2.33 bits per heavy atom. The fourth-order valence-electron chi connectivity index (χ4n) is 1.39. The Morgan fingerprint density at radius 1 is 1.17 bits per heavy atom. The van der Waals surface area contributed by atoms with Gasteiger partial charge in [0.2, 0.25) is 0 Å². The maximum atomic E-state index is 12.1. The smallest absolute Gasteiger partial charge is 0.192 e. The fraction of sp³-hybridized carbons (Fsp3) is 0.500. The largest absolute Gasteiger partial charge is 0.497 e. The fourth-order valence-corrected chi connectivity index (χ4v) is 1.39. The Bertz CT molecular complexity index is 418. The van der Waals surface area contributed by atoms with Gasteiger partial charge in [0.05, 0.1) is 25.4 Å². The molecule has 0 aliphatic carbocycles. The standard InChI is InChI=1S/C14H20O4/c1-14(2,3)18-9-12(15)11-8-10(16-4)6-7-13(11)17-5/h6-8H,9H2,1-5H3. The molecule has 0 aromatic heterocycles. The van der Waals surface area contributed by atoms with Gasteiger partial charge in [0.1, 0.15) is 18.1 Å². The minimum atomic E-state index is -0.345. The summed E-state index contributed by atoms with van der Waals surface area (Å²) in [6.07, 6.45) is 0. The molecular weight excluding hydrogens is 232 g/mol. The lowest BCUT2D eigenvalue weighted by molar-refractivity contribution is 0.00295. The molecule has 1 aromatic carbocycles. The van der Waals surface area contributed by atoms with Gasteiger partial charge >= 0.3 is 0 Å². The summed E-state index contributed by atoms with van der Waals surface area (Å²) in [6.45, 7) is 5.74. The van der Waals surface area contributed by atoms with E-state index in [9.17, 15) is 4.79 Å². The summed E-state index contributed by atoms with van der Waals surface area (Å²) in [5.41, 5.74) is 0.128. The van der Waals surface area contributed by atoms with Crippen LogP contribution in [0.25, 0.3) is 0 Å². The normalized spacial score (nSPS) is 11.2. The van der Waals surface area contributed by atoms with Crippen LogP contribution in [0.4, 0.5) is 0 Å². The Hall–Kier alpha value is -1.55. The van der Waals surface area contributed by atoms with Crippen LogP contribution in [0.5, 0.6) is 11.5 Å². The van der Waals surface area contributed by atoms with E-state index in [4.69, 9.17) is 14.2 Å². The molecule has 0 heterocycles. The second-order valence-corrected chi connectivity index (χ2v) is 4.89. The van der Waals surface area contributed by atoms with Crippen LogP contribution in [-0.4, -0.2) is 32.2 Å². The summed E-state index contributed by atoms with van der Waals surface area (Å²) in [6, 6.07) is 5.12. The van der Waals surface area contributed by atoms with Crippen molar-refractivity contribution < 1.29 is 19.0 Å². The highest BCUT2D eigenvalue weighted by atomic mass is 16.5. The van der Waals surface area contributed by atoms with Crippen molar-refractivity contribution in [1.29, 1.82) is 0 Å². The zero-order valence-corrected chi connectivity index (χ0v) is 11.6. The summed E-state index contributed by atoms with van der Waals surface area (Å²) < 4.78 is 15.7. The molecule has 0 bridgehead atoms. The van der Waals surface area contributed by atoms with E-state index >= 15 is 0 Å². The SMILES string of the molecule is COc1ccc(OC)c(C(=O)COC(C)(C)C)c1. The van der Waals surface area contributed by atoms with Gasteiger partial charge in [0, 0.05) is 0 Å². The number of ether oxygens (including phenoxy) is 3. The molecule has 0 aliphatic heterocycles. The predicted molar refractivity (Wildman–Crippen MR) is 69.6 cm³/mol. The molecule has 0 radical (unpaired) electrons. The summed E-state index contributed by atoms with van der Waals surface area (Å²) in [5.74, 6) is 1.02. The van der Waals surface area contributed by atoms with Gasteiger partial charge in [0.25, 0.3) is 0 Å². The van der Waals surface area contributed by atoms with Crippen molar-refractivity contribution in [2.24, 2.45) is 0 Å². The zero-order chi connectivity index (χ0) is 13.8. The topological polar surface area (TPSA) is 44.8 Å². The third-order valence-electron chi connectivity index (χ3n) is 2.34. The monoisotopic (exact) mass is 252 g/mol. The van der Waals surface area contributed by atoms with Gasteiger partial charge in [0.15, 0.2) is 5.78 Å². The molecule has 18 heavy (non-hydrogen) atoms. The Labute approximate surface area is 108 Å². The van der Waals surface area contributed by atoms with E-state index in [1.165, 1.54) is 7.11 Å². The first kappa shape index (κ1) is 14.5. The lowest BCUT2D eigenvalue weighted by Crippen LogP contribution is -2.24. The minimum absolute atomic E-state index is 0.0209. The maximum absolute atomic E-state index is 12.1. The van der Waals surface area contributed by atoms with Crippen molar-refractivity contribution in [2.45, 2.75) is 26.4 Å². The Kier molecular flexibility index (Phi) is 4.73. The summed E-state index contributed by atoms with van der Waals surface area (Å²) in [4.78, 5) is 12.1. The van der Waals surface area contributed by atoms with Crippen LogP contribution in [0.2, 0.25) is 0 Å². The van der Waals surface area contributed by atoms with Gasteiger partial charge in [-0.25, -0.2) is 0 Å². The van der Waals surface area contributed by atoms with Crippen LogP contribution in [0.1, 0.15) is 31.1 Å². The predicted octanol–water partition coefficient (Wildman–Crippen LogP) is 2.70. The van der Waals surface area contributed by atoms with Crippen molar-refractivity contribution in [1.82, 2.24) is 0 Å². The molecule has 1 aromatic rings. The van der Waals surface area contributed by atoms with Crippen molar-refractivity contribution in [2.75, 3.05) is 20.8 Å². The molecule has 0 amide bonds. The molecule has 0 atom stereocenters. The molecule has 0 aliphatic rings. The number of hydrogen-bond donors (Lipinski definition) is 0. The van der Waals surface area contributed by atoms with E-state index in [-0.39, 0.29) is 18.0 Å². The summed E-state index contributed by atoms with van der Waals surface area (Å²) in [7, 11) is 3.09. The highest BCUT2D eigenvalue weighted by Crippen LogP contribution is 2.24. The average Bonchev–Trinajstić information content (AvgIpc) is 2.34. The summed E-state index contributed by atoms with van der Waals surface area (Å²) >= 11 is 0. The first-order chi connectivity index (χ1) is 8.37. The number of carbonyl (C=O) groups excluding carboxylic acids is 1. The maximum Gasteiger partial charge on any atom is 0.192 e. The lowest BCUT2D eigenvalue weighted by atomic mass is 10.1. The van der Waals surface area contributed by atoms with Crippen molar-refractivity contribution in [3.05, 3.63) is 23.8 Å². The Balaban J connectivity index is 2.89. The number of Topliss-reactive ketones (excluding diaryl/α,β-unsaturated/α-hetero) is 1. The first-order valence-corrected chi connectivity index (χ1v) is 5.76. The molecular formula is C14H20O4. The molecule has 0 spiro atoms. The number of carbonyl (C=O) groups is 1. The minimum Gasteiger partial charge on any atom is -0.497 e. The highest BCUT2D eigenvalue weighted by Gasteiger charge is 2.17. The van der Waals surface area contributed by atoms with Crippen molar-refractivity contribution in [3.63, 3.8) is 0 Å². The van der Waals surface area contributed by atoms with Gasteiger partial charge in [-0.1, -0.05) is 0 Å². The second kappa shape index (κ2) is 5.87. The van der Waals surface area contributed by atoms with E-state index in [2.05, 4.69) is 0 Å². The van der Waals surface area contributed by atoms with Crippen molar-refractivity contribution in [3.8, 4) is 11.5 Å².